The molecule has 0 unspecified atom stereocenters. The zero-order chi connectivity index (χ0) is 14.7. The summed E-state index contributed by atoms with van der Waals surface area (Å²) in [5, 5.41) is 3.50. The number of halogens is 2. The molecule has 2 aromatic rings. The Morgan fingerprint density at radius 3 is 2.65 bits per heavy atom. The first-order chi connectivity index (χ1) is 9.45. The lowest BCUT2D eigenvalue weighted by Crippen LogP contribution is -2.15. The smallest absolute Gasteiger partial charge is 0.228 e. The molecule has 4 heteroatoms. The molecule has 0 heterocycles. The second-order valence-electron chi connectivity index (χ2n) is 4.78. The van der Waals surface area contributed by atoms with E-state index in [2.05, 4.69) is 21.2 Å². The summed E-state index contributed by atoms with van der Waals surface area (Å²) < 4.78 is 0.767. The molecule has 0 bridgehead atoms. The third kappa shape index (κ3) is 3.84. The third-order valence-electron chi connectivity index (χ3n) is 3.06. The Kier molecular flexibility index (Phi) is 4.84. The molecule has 0 aliphatic carbocycles. The maximum absolute atomic E-state index is 12.1. The minimum absolute atomic E-state index is 0.0343. The summed E-state index contributed by atoms with van der Waals surface area (Å²) in [6.07, 6.45) is 0.369. The zero-order valence-electron chi connectivity index (χ0n) is 11.3. The van der Waals surface area contributed by atoms with Crippen LogP contribution in [0.25, 0.3) is 0 Å². The lowest BCUT2D eigenvalue weighted by atomic mass is 10.0. The Bertz CT molecular complexity index is 655. The second kappa shape index (κ2) is 6.42. The number of carbonyl (C=O) groups is 1. The van der Waals surface area contributed by atoms with Gasteiger partial charge in [0.15, 0.2) is 0 Å². The lowest BCUT2D eigenvalue weighted by molar-refractivity contribution is -0.115. The minimum Gasteiger partial charge on any atom is -0.326 e. The number of hydrogen-bond acceptors (Lipinski definition) is 1. The van der Waals surface area contributed by atoms with Crippen molar-refractivity contribution in [2.45, 2.75) is 20.3 Å². The van der Waals surface area contributed by atoms with Gasteiger partial charge in [-0.2, -0.15) is 0 Å². The van der Waals surface area contributed by atoms with Gasteiger partial charge in [0.1, 0.15) is 0 Å². The summed E-state index contributed by atoms with van der Waals surface area (Å²) in [4.78, 5) is 12.1. The molecule has 20 heavy (non-hydrogen) atoms. The fourth-order valence-electron chi connectivity index (χ4n) is 1.94. The van der Waals surface area contributed by atoms with Gasteiger partial charge in [-0.05, 0) is 59.1 Å². The molecule has 2 rings (SSSR count). The maximum atomic E-state index is 12.1. The highest BCUT2D eigenvalue weighted by atomic mass is 79.9. The van der Waals surface area contributed by atoms with Crippen molar-refractivity contribution in [3.8, 4) is 0 Å². The molecule has 0 fully saturated rings. The molecule has 0 aliphatic rings. The molecule has 0 aromatic heterocycles. The van der Waals surface area contributed by atoms with Crippen LogP contribution >= 0.6 is 27.5 Å². The van der Waals surface area contributed by atoms with Gasteiger partial charge in [0.25, 0.3) is 0 Å². The van der Waals surface area contributed by atoms with E-state index in [0.29, 0.717) is 11.4 Å². The first-order valence-electron chi connectivity index (χ1n) is 6.27. The topological polar surface area (TPSA) is 29.1 Å². The zero-order valence-corrected chi connectivity index (χ0v) is 13.7. The van der Waals surface area contributed by atoms with Crippen LogP contribution in [0.5, 0.6) is 0 Å². The Labute approximate surface area is 132 Å². The fourth-order valence-corrected chi connectivity index (χ4v) is 2.44. The van der Waals surface area contributed by atoms with Gasteiger partial charge >= 0.3 is 0 Å². The van der Waals surface area contributed by atoms with Gasteiger partial charge in [-0.1, -0.05) is 35.4 Å². The summed E-state index contributed by atoms with van der Waals surface area (Å²) in [6, 6.07) is 11.5. The molecule has 0 saturated carbocycles. The van der Waals surface area contributed by atoms with Crippen LogP contribution in [0.3, 0.4) is 0 Å². The molecule has 2 aromatic carbocycles. The monoisotopic (exact) mass is 351 g/mol. The van der Waals surface area contributed by atoms with Crippen molar-refractivity contribution in [3.05, 3.63) is 62.6 Å². The number of aryl methyl sites for hydroxylation is 2. The van der Waals surface area contributed by atoms with Crippen molar-refractivity contribution in [1.82, 2.24) is 0 Å². The van der Waals surface area contributed by atoms with Crippen LogP contribution in [0.1, 0.15) is 16.7 Å². The maximum Gasteiger partial charge on any atom is 0.228 e. The van der Waals surface area contributed by atoms with Gasteiger partial charge in [-0.3, -0.25) is 4.79 Å². The van der Waals surface area contributed by atoms with Crippen LogP contribution in [0.15, 0.2) is 40.9 Å². The Hall–Kier alpha value is -1.32. The number of hydrogen-bond donors (Lipinski definition) is 1. The van der Waals surface area contributed by atoms with Crippen LogP contribution < -0.4 is 5.32 Å². The van der Waals surface area contributed by atoms with E-state index in [-0.39, 0.29) is 5.91 Å². The predicted octanol–water partition coefficient (Wildman–Crippen LogP) is 4.90. The van der Waals surface area contributed by atoms with Crippen LogP contribution in [-0.2, 0) is 11.2 Å². The first kappa shape index (κ1) is 15.1. The Balaban J connectivity index is 2.09. The number of rotatable bonds is 3. The number of nitrogens with one attached hydrogen (secondary N) is 1. The predicted molar refractivity (Wildman–Crippen MR) is 87.4 cm³/mol. The van der Waals surface area contributed by atoms with Crippen molar-refractivity contribution in [2.24, 2.45) is 0 Å². The van der Waals surface area contributed by atoms with Crippen molar-refractivity contribution in [3.63, 3.8) is 0 Å². The summed E-state index contributed by atoms with van der Waals surface area (Å²) >= 11 is 9.27. The average molecular weight is 353 g/mol. The summed E-state index contributed by atoms with van der Waals surface area (Å²) in [6.45, 7) is 4.04. The average Bonchev–Trinajstić information content (AvgIpc) is 2.38. The van der Waals surface area contributed by atoms with Crippen LogP contribution in [0, 0.1) is 13.8 Å². The molecule has 2 nitrogen and oxygen atoms in total. The number of amides is 1. The summed E-state index contributed by atoms with van der Waals surface area (Å²) in [5.41, 5.74) is 4.07. The standard InChI is InChI=1S/C16H15BrClNO/c1-10-3-4-11(2)12(7-10)8-16(20)19-13-5-6-15(18)14(17)9-13/h3-7,9H,8H2,1-2H3,(H,19,20). The number of anilines is 1. The van der Waals surface area contributed by atoms with Gasteiger partial charge in [-0.15, -0.1) is 0 Å². The molecule has 0 saturated heterocycles. The summed E-state index contributed by atoms with van der Waals surface area (Å²) in [7, 11) is 0. The van der Waals surface area contributed by atoms with Gasteiger partial charge in [0, 0.05) is 10.2 Å². The second-order valence-corrected chi connectivity index (χ2v) is 6.05. The van der Waals surface area contributed by atoms with Crippen molar-refractivity contribution in [2.75, 3.05) is 5.32 Å². The molecule has 0 aliphatic heterocycles. The first-order valence-corrected chi connectivity index (χ1v) is 7.44. The highest BCUT2D eigenvalue weighted by Crippen LogP contribution is 2.25. The van der Waals surface area contributed by atoms with E-state index in [1.54, 1.807) is 18.2 Å². The molecule has 0 spiro atoms. The van der Waals surface area contributed by atoms with Crippen LogP contribution in [0.4, 0.5) is 5.69 Å². The van der Waals surface area contributed by atoms with Gasteiger partial charge in [-0.25, -0.2) is 0 Å². The van der Waals surface area contributed by atoms with E-state index in [4.69, 9.17) is 11.6 Å². The third-order valence-corrected chi connectivity index (χ3v) is 4.27. The van der Waals surface area contributed by atoms with E-state index in [1.165, 1.54) is 0 Å². The Morgan fingerprint density at radius 2 is 1.95 bits per heavy atom. The normalized spacial score (nSPS) is 10.4. The highest BCUT2D eigenvalue weighted by molar-refractivity contribution is 9.10. The van der Waals surface area contributed by atoms with E-state index in [9.17, 15) is 4.79 Å². The number of carbonyl (C=O) groups excluding carboxylic acids is 1. The van der Waals surface area contributed by atoms with Gasteiger partial charge in [0.05, 0.1) is 11.4 Å². The molecule has 1 amide bonds. The quantitative estimate of drug-likeness (QED) is 0.836. The Morgan fingerprint density at radius 1 is 1.20 bits per heavy atom. The number of benzene rings is 2. The van der Waals surface area contributed by atoms with Crippen molar-refractivity contribution >= 4 is 39.1 Å². The SMILES string of the molecule is Cc1ccc(C)c(CC(=O)Nc2ccc(Cl)c(Br)c2)c1. The lowest BCUT2D eigenvalue weighted by Gasteiger charge is -2.09. The molecule has 1 N–H and O–H groups in total. The molecule has 0 radical (unpaired) electrons. The van der Waals surface area contributed by atoms with Crippen LogP contribution in [-0.4, -0.2) is 5.91 Å². The van der Waals surface area contributed by atoms with E-state index < -0.39 is 0 Å². The minimum atomic E-state index is -0.0343. The molecular weight excluding hydrogens is 338 g/mol. The van der Waals surface area contributed by atoms with Crippen molar-refractivity contribution < 1.29 is 4.79 Å². The van der Waals surface area contributed by atoms with Gasteiger partial charge in [0.2, 0.25) is 5.91 Å². The van der Waals surface area contributed by atoms with E-state index >= 15 is 0 Å². The molecular formula is C16H15BrClNO. The van der Waals surface area contributed by atoms with E-state index in [1.807, 2.05) is 32.0 Å². The summed E-state index contributed by atoms with van der Waals surface area (Å²) in [5.74, 6) is -0.0343. The largest absolute Gasteiger partial charge is 0.326 e. The molecule has 0 atom stereocenters. The fraction of sp³-hybridized carbons (Fsp3) is 0.188. The van der Waals surface area contributed by atoms with E-state index in [0.717, 1.165) is 26.9 Å². The van der Waals surface area contributed by atoms with Crippen LogP contribution in [0.2, 0.25) is 5.02 Å². The van der Waals surface area contributed by atoms with Crippen molar-refractivity contribution in [1.29, 1.82) is 0 Å². The highest BCUT2D eigenvalue weighted by Gasteiger charge is 2.08. The van der Waals surface area contributed by atoms with Gasteiger partial charge < -0.3 is 5.32 Å². The molecule has 104 valence electrons.